The third-order valence-electron chi connectivity index (χ3n) is 3.18. The molecule has 0 atom stereocenters. The number of aryl methyl sites for hydroxylation is 1. The lowest BCUT2D eigenvalue weighted by Gasteiger charge is -2.10. The molecule has 0 radical (unpaired) electrons. The van der Waals surface area contributed by atoms with E-state index in [-0.39, 0.29) is 5.91 Å². The summed E-state index contributed by atoms with van der Waals surface area (Å²) in [5.41, 5.74) is 3.14. The number of nitrogens with one attached hydrogen (secondary N) is 2. The number of rotatable bonds is 5. The van der Waals surface area contributed by atoms with Crippen LogP contribution in [0.5, 0.6) is 0 Å². The zero-order valence-corrected chi connectivity index (χ0v) is 13.8. The van der Waals surface area contributed by atoms with Gasteiger partial charge in [0.15, 0.2) is 0 Å². The summed E-state index contributed by atoms with van der Waals surface area (Å²) in [6, 6.07) is 15.1. The first kappa shape index (κ1) is 16.1. The van der Waals surface area contributed by atoms with Gasteiger partial charge in [0, 0.05) is 23.1 Å². The maximum Gasteiger partial charge on any atom is 0.226 e. The highest BCUT2D eigenvalue weighted by molar-refractivity contribution is 9.10. The Labute approximate surface area is 138 Å². The van der Waals surface area contributed by atoms with Gasteiger partial charge in [0.2, 0.25) is 5.91 Å². The Hall–Kier alpha value is -2.32. The molecular weight excluding hydrogens is 342 g/mol. The van der Waals surface area contributed by atoms with Crippen molar-refractivity contribution in [2.45, 2.75) is 13.3 Å². The fourth-order valence-corrected chi connectivity index (χ4v) is 2.50. The minimum Gasteiger partial charge on any atom is -0.383 e. The summed E-state index contributed by atoms with van der Waals surface area (Å²) in [6.07, 6.45) is 0.329. The van der Waals surface area contributed by atoms with E-state index < -0.39 is 0 Å². The van der Waals surface area contributed by atoms with Crippen molar-refractivity contribution in [1.29, 1.82) is 5.26 Å². The van der Waals surface area contributed by atoms with E-state index in [1.165, 1.54) is 0 Å². The van der Waals surface area contributed by atoms with Gasteiger partial charge in [-0.05, 0) is 42.8 Å². The summed E-state index contributed by atoms with van der Waals surface area (Å²) in [5.74, 6) is -0.0626. The first-order valence-electron chi connectivity index (χ1n) is 6.89. The second kappa shape index (κ2) is 7.62. The van der Waals surface area contributed by atoms with E-state index in [0.717, 1.165) is 21.4 Å². The smallest absolute Gasteiger partial charge is 0.226 e. The SMILES string of the molecule is Cc1cc(Br)ccc1NC(=O)CCNc1ccccc1C#N. The molecule has 2 aromatic carbocycles. The number of carbonyl (C=O) groups excluding carboxylic acids is 1. The van der Waals surface area contributed by atoms with Crippen LogP contribution in [0.15, 0.2) is 46.9 Å². The molecule has 0 bridgehead atoms. The third kappa shape index (κ3) is 4.34. The molecule has 0 heterocycles. The topological polar surface area (TPSA) is 64.9 Å². The van der Waals surface area contributed by atoms with E-state index in [0.29, 0.717) is 18.5 Å². The van der Waals surface area contributed by atoms with Crippen molar-refractivity contribution in [3.05, 3.63) is 58.1 Å². The van der Waals surface area contributed by atoms with Crippen LogP contribution < -0.4 is 10.6 Å². The largest absolute Gasteiger partial charge is 0.383 e. The second-order valence-electron chi connectivity index (χ2n) is 4.84. The minimum absolute atomic E-state index is 0.0626. The van der Waals surface area contributed by atoms with Gasteiger partial charge in [0.25, 0.3) is 0 Å². The van der Waals surface area contributed by atoms with Gasteiger partial charge >= 0.3 is 0 Å². The Morgan fingerprint density at radius 2 is 2.00 bits per heavy atom. The van der Waals surface area contributed by atoms with Crippen LogP contribution in [0, 0.1) is 18.3 Å². The molecule has 0 aromatic heterocycles. The van der Waals surface area contributed by atoms with Crippen molar-refractivity contribution in [2.24, 2.45) is 0 Å². The molecule has 22 heavy (non-hydrogen) atoms. The maximum atomic E-state index is 12.0. The molecule has 2 rings (SSSR count). The van der Waals surface area contributed by atoms with Crippen LogP contribution in [0.4, 0.5) is 11.4 Å². The quantitative estimate of drug-likeness (QED) is 0.847. The van der Waals surface area contributed by atoms with Crippen molar-refractivity contribution in [3.8, 4) is 6.07 Å². The summed E-state index contributed by atoms with van der Waals surface area (Å²) in [7, 11) is 0. The van der Waals surface area contributed by atoms with E-state index in [9.17, 15) is 4.79 Å². The van der Waals surface area contributed by atoms with Gasteiger partial charge in [0.05, 0.1) is 11.3 Å². The highest BCUT2D eigenvalue weighted by atomic mass is 79.9. The number of para-hydroxylation sites is 1. The molecule has 0 aliphatic rings. The Balaban J connectivity index is 1.87. The minimum atomic E-state index is -0.0626. The number of nitrogens with zero attached hydrogens (tertiary/aromatic N) is 1. The van der Waals surface area contributed by atoms with Gasteiger partial charge in [-0.15, -0.1) is 0 Å². The van der Waals surface area contributed by atoms with Crippen LogP contribution in [0.2, 0.25) is 0 Å². The molecule has 0 spiro atoms. The lowest BCUT2D eigenvalue weighted by Crippen LogP contribution is -2.17. The van der Waals surface area contributed by atoms with E-state index in [4.69, 9.17) is 5.26 Å². The van der Waals surface area contributed by atoms with Gasteiger partial charge in [-0.3, -0.25) is 4.79 Å². The van der Waals surface area contributed by atoms with Crippen LogP contribution in [-0.2, 0) is 4.79 Å². The third-order valence-corrected chi connectivity index (χ3v) is 3.67. The number of carbonyl (C=O) groups is 1. The lowest BCUT2D eigenvalue weighted by molar-refractivity contribution is -0.115. The lowest BCUT2D eigenvalue weighted by atomic mass is 10.2. The summed E-state index contributed by atoms with van der Waals surface area (Å²) in [5, 5.41) is 15.0. The molecular formula is C17H16BrN3O. The highest BCUT2D eigenvalue weighted by Gasteiger charge is 2.06. The molecule has 0 aliphatic heterocycles. The van der Waals surface area contributed by atoms with Gasteiger partial charge in [-0.25, -0.2) is 0 Å². The van der Waals surface area contributed by atoms with Gasteiger partial charge in [-0.1, -0.05) is 28.1 Å². The summed E-state index contributed by atoms with van der Waals surface area (Å²) >= 11 is 3.39. The summed E-state index contributed by atoms with van der Waals surface area (Å²) in [6.45, 7) is 2.42. The van der Waals surface area contributed by atoms with Gasteiger partial charge in [0.1, 0.15) is 6.07 Å². The van der Waals surface area contributed by atoms with Crippen molar-refractivity contribution in [2.75, 3.05) is 17.2 Å². The Kier molecular flexibility index (Phi) is 5.56. The van der Waals surface area contributed by atoms with Crippen molar-refractivity contribution in [3.63, 3.8) is 0 Å². The zero-order valence-electron chi connectivity index (χ0n) is 12.2. The molecule has 0 unspecified atom stereocenters. The molecule has 0 aliphatic carbocycles. The molecule has 0 saturated heterocycles. The van der Waals surface area contributed by atoms with Crippen LogP contribution in [0.1, 0.15) is 17.5 Å². The van der Waals surface area contributed by atoms with Crippen LogP contribution in [0.3, 0.4) is 0 Å². The number of amides is 1. The number of hydrogen-bond acceptors (Lipinski definition) is 3. The monoisotopic (exact) mass is 357 g/mol. The number of hydrogen-bond donors (Lipinski definition) is 2. The number of anilines is 2. The summed E-state index contributed by atoms with van der Waals surface area (Å²) < 4.78 is 0.984. The normalized spacial score (nSPS) is 9.86. The average molecular weight is 358 g/mol. The molecule has 1 amide bonds. The highest BCUT2D eigenvalue weighted by Crippen LogP contribution is 2.20. The average Bonchev–Trinajstić information content (AvgIpc) is 2.50. The van der Waals surface area contributed by atoms with Crippen molar-refractivity contribution >= 4 is 33.2 Å². The molecule has 0 saturated carbocycles. The molecule has 4 nitrogen and oxygen atoms in total. The Morgan fingerprint density at radius 1 is 1.23 bits per heavy atom. The standard InChI is InChI=1S/C17H16BrN3O/c1-12-10-14(18)6-7-15(12)21-17(22)8-9-20-16-5-3-2-4-13(16)11-19/h2-7,10,20H,8-9H2,1H3,(H,21,22). The van der Waals surface area contributed by atoms with E-state index in [2.05, 4.69) is 32.6 Å². The van der Waals surface area contributed by atoms with E-state index in [1.807, 2.05) is 43.3 Å². The van der Waals surface area contributed by atoms with Crippen LogP contribution >= 0.6 is 15.9 Å². The Morgan fingerprint density at radius 3 is 2.73 bits per heavy atom. The predicted molar refractivity (Wildman–Crippen MR) is 91.8 cm³/mol. The summed E-state index contributed by atoms with van der Waals surface area (Å²) in [4.78, 5) is 12.0. The number of benzene rings is 2. The predicted octanol–water partition coefficient (Wildman–Crippen LogP) is 4.07. The van der Waals surface area contributed by atoms with Crippen molar-refractivity contribution < 1.29 is 4.79 Å². The first-order valence-corrected chi connectivity index (χ1v) is 7.68. The molecule has 2 N–H and O–H groups in total. The molecule has 2 aromatic rings. The second-order valence-corrected chi connectivity index (χ2v) is 5.76. The first-order chi connectivity index (χ1) is 10.6. The number of halogens is 1. The van der Waals surface area contributed by atoms with Gasteiger partial charge < -0.3 is 10.6 Å². The van der Waals surface area contributed by atoms with E-state index >= 15 is 0 Å². The fourth-order valence-electron chi connectivity index (χ4n) is 2.03. The molecule has 112 valence electrons. The fraction of sp³-hybridized carbons (Fsp3) is 0.176. The van der Waals surface area contributed by atoms with Crippen LogP contribution in [-0.4, -0.2) is 12.5 Å². The van der Waals surface area contributed by atoms with Crippen LogP contribution in [0.25, 0.3) is 0 Å². The maximum absolute atomic E-state index is 12.0. The zero-order chi connectivity index (χ0) is 15.9. The molecule has 0 fully saturated rings. The molecule has 5 heteroatoms. The number of nitriles is 1. The van der Waals surface area contributed by atoms with E-state index in [1.54, 1.807) is 6.07 Å². The van der Waals surface area contributed by atoms with Crippen molar-refractivity contribution in [1.82, 2.24) is 0 Å². The van der Waals surface area contributed by atoms with Gasteiger partial charge in [-0.2, -0.15) is 5.26 Å². The Bertz CT molecular complexity index is 722.